The van der Waals surface area contributed by atoms with Crippen LogP contribution in [0.4, 0.5) is 0 Å². The third-order valence-corrected chi connectivity index (χ3v) is 3.50. The zero-order chi connectivity index (χ0) is 14.3. The Labute approximate surface area is 114 Å². The molecule has 0 aromatic carbocycles. The molecule has 1 fully saturated rings. The Morgan fingerprint density at radius 3 is 2.53 bits per heavy atom. The highest BCUT2D eigenvalue weighted by Gasteiger charge is 2.25. The molecule has 5 nitrogen and oxygen atoms in total. The molecule has 1 aliphatic rings. The van der Waals surface area contributed by atoms with Crippen molar-refractivity contribution in [3.05, 3.63) is 0 Å². The lowest BCUT2D eigenvalue weighted by atomic mass is 10.1. The second-order valence-corrected chi connectivity index (χ2v) is 5.28. The molecule has 0 aliphatic heterocycles. The van der Waals surface area contributed by atoms with Gasteiger partial charge in [0.15, 0.2) is 0 Å². The van der Waals surface area contributed by atoms with Crippen molar-refractivity contribution in [3.63, 3.8) is 0 Å². The Hall–Kier alpha value is -1.10. The summed E-state index contributed by atoms with van der Waals surface area (Å²) in [4.78, 5) is 22.5. The summed E-state index contributed by atoms with van der Waals surface area (Å²) in [6.07, 6.45) is 5.41. The van der Waals surface area contributed by atoms with Gasteiger partial charge in [-0.15, -0.1) is 0 Å². The molecule has 2 atom stereocenters. The van der Waals surface area contributed by atoms with E-state index in [0.717, 1.165) is 12.8 Å². The molecule has 1 aliphatic carbocycles. The van der Waals surface area contributed by atoms with Gasteiger partial charge in [-0.1, -0.05) is 19.8 Å². The van der Waals surface area contributed by atoms with E-state index in [1.165, 1.54) is 12.8 Å². The highest BCUT2D eigenvalue weighted by Crippen LogP contribution is 2.23. The fourth-order valence-electron chi connectivity index (χ4n) is 2.35. The molecule has 0 radical (unpaired) electrons. The molecule has 2 N–H and O–H groups in total. The lowest BCUT2D eigenvalue weighted by Gasteiger charge is -2.22. The van der Waals surface area contributed by atoms with Gasteiger partial charge in [-0.3, -0.25) is 9.59 Å². The lowest BCUT2D eigenvalue weighted by molar-refractivity contribution is -0.139. The smallest absolute Gasteiger partial charge is 0.303 e. The van der Waals surface area contributed by atoms with Crippen molar-refractivity contribution in [2.24, 2.45) is 0 Å². The fourth-order valence-corrected chi connectivity index (χ4v) is 2.35. The summed E-state index contributed by atoms with van der Waals surface area (Å²) in [6, 6.07) is -0.134. The molecule has 0 spiro atoms. The van der Waals surface area contributed by atoms with Gasteiger partial charge >= 0.3 is 5.97 Å². The Kier molecular flexibility index (Phi) is 6.84. The van der Waals surface area contributed by atoms with E-state index < -0.39 is 12.1 Å². The highest BCUT2D eigenvalue weighted by atomic mass is 16.5. The average molecular weight is 271 g/mol. The van der Waals surface area contributed by atoms with Crippen molar-refractivity contribution in [3.8, 4) is 0 Å². The number of hydrogen-bond acceptors (Lipinski definition) is 3. The van der Waals surface area contributed by atoms with Gasteiger partial charge < -0.3 is 15.2 Å². The molecule has 5 heteroatoms. The van der Waals surface area contributed by atoms with Gasteiger partial charge in [0.05, 0.1) is 6.10 Å². The number of amides is 1. The van der Waals surface area contributed by atoms with Crippen LogP contribution in [0.1, 0.15) is 58.8 Å². The van der Waals surface area contributed by atoms with Crippen molar-refractivity contribution in [1.29, 1.82) is 0 Å². The van der Waals surface area contributed by atoms with Crippen LogP contribution < -0.4 is 5.32 Å². The van der Waals surface area contributed by atoms with Gasteiger partial charge in [0, 0.05) is 12.5 Å². The van der Waals surface area contributed by atoms with Crippen LogP contribution in [0.15, 0.2) is 0 Å². The van der Waals surface area contributed by atoms with Gasteiger partial charge in [-0.05, 0) is 32.6 Å². The number of carboxylic acid groups (broad SMARTS) is 1. The van der Waals surface area contributed by atoms with Crippen molar-refractivity contribution < 1.29 is 19.4 Å². The van der Waals surface area contributed by atoms with Crippen LogP contribution in [0.25, 0.3) is 0 Å². The van der Waals surface area contributed by atoms with Crippen molar-refractivity contribution >= 4 is 11.9 Å². The van der Waals surface area contributed by atoms with Crippen LogP contribution in [0.2, 0.25) is 0 Å². The topological polar surface area (TPSA) is 75.6 Å². The largest absolute Gasteiger partial charge is 0.481 e. The van der Waals surface area contributed by atoms with Crippen LogP contribution in [-0.2, 0) is 14.3 Å². The molecule has 0 bridgehead atoms. The number of hydrogen-bond donors (Lipinski definition) is 2. The standard InChI is InChI=1S/C14H25NO4/c1-3-12(19-11-6-4-5-7-11)14(18)15-10(2)8-9-13(16)17/h10-12H,3-9H2,1-2H3,(H,15,18)(H,16,17). The number of carboxylic acids is 1. The molecule has 110 valence electrons. The Morgan fingerprint density at radius 2 is 2.00 bits per heavy atom. The Morgan fingerprint density at radius 1 is 1.37 bits per heavy atom. The predicted molar refractivity (Wildman–Crippen MR) is 71.9 cm³/mol. The zero-order valence-electron chi connectivity index (χ0n) is 11.9. The number of ether oxygens (including phenoxy) is 1. The normalized spacial score (nSPS) is 19.1. The van der Waals surface area contributed by atoms with Gasteiger partial charge in [-0.25, -0.2) is 0 Å². The number of rotatable bonds is 8. The van der Waals surface area contributed by atoms with Crippen LogP contribution >= 0.6 is 0 Å². The predicted octanol–water partition coefficient (Wildman–Crippen LogP) is 2.09. The molecule has 1 rings (SSSR count). The van der Waals surface area contributed by atoms with Crippen molar-refractivity contribution in [1.82, 2.24) is 5.32 Å². The van der Waals surface area contributed by atoms with E-state index in [4.69, 9.17) is 9.84 Å². The molecule has 2 unspecified atom stereocenters. The van der Waals surface area contributed by atoms with Gasteiger partial charge in [0.2, 0.25) is 5.91 Å². The summed E-state index contributed by atoms with van der Waals surface area (Å²) in [6.45, 7) is 3.75. The third-order valence-electron chi connectivity index (χ3n) is 3.50. The van der Waals surface area contributed by atoms with Gasteiger partial charge in [0.1, 0.15) is 6.10 Å². The summed E-state index contributed by atoms with van der Waals surface area (Å²) in [5.74, 6) is -0.956. The zero-order valence-corrected chi connectivity index (χ0v) is 11.9. The summed E-state index contributed by atoms with van der Waals surface area (Å²) in [5.41, 5.74) is 0. The highest BCUT2D eigenvalue weighted by molar-refractivity contribution is 5.81. The SMILES string of the molecule is CCC(OC1CCCC1)C(=O)NC(C)CCC(=O)O. The molecule has 0 saturated heterocycles. The molecular formula is C14H25NO4. The summed E-state index contributed by atoms with van der Waals surface area (Å²) in [7, 11) is 0. The van der Waals surface area contributed by atoms with E-state index in [-0.39, 0.29) is 24.5 Å². The second-order valence-electron chi connectivity index (χ2n) is 5.28. The van der Waals surface area contributed by atoms with Crippen LogP contribution in [0.3, 0.4) is 0 Å². The first-order valence-corrected chi connectivity index (χ1v) is 7.20. The fraction of sp³-hybridized carbons (Fsp3) is 0.857. The number of carbonyl (C=O) groups is 2. The number of carbonyl (C=O) groups excluding carboxylic acids is 1. The third kappa shape index (κ3) is 6.05. The first-order chi connectivity index (χ1) is 9.02. The molecule has 0 aromatic heterocycles. The van der Waals surface area contributed by atoms with Crippen LogP contribution in [-0.4, -0.2) is 35.2 Å². The molecular weight excluding hydrogens is 246 g/mol. The number of nitrogens with one attached hydrogen (secondary N) is 1. The maximum Gasteiger partial charge on any atom is 0.303 e. The number of aliphatic carboxylic acids is 1. The maximum atomic E-state index is 12.0. The first kappa shape index (κ1) is 16.0. The minimum atomic E-state index is -0.838. The van der Waals surface area contributed by atoms with E-state index in [1.807, 2.05) is 13.8 Å². The first-order valence-electron chi connectivity index (χ1n) is 7.20. The lowest BCUT2D eigenvalue weighted by Crippen LogP contribution is -2.42. The monoisotopic (exact) mass is 271 g/mol. The summed E-state index contributed by atoms with van der Waals surface area (Å²) in [5, 5.41) is 11.4. The van der Waals surface area contributed by atoms with Crippen LogP contribution in [0.5, 0.6) is 0 Å². The Bertz CT molecular complexity index is 300. The quantitative estimate of drug-likeness (QED) is 0.709. The van der Waals surface area contributed by atoms with Crippen LogP contribution in [0, 0.1) is 0 Å². The maximum absolute atomic E-state index is 12.0. The summed E-state index contributed by atoms with van der Waals surface area (Å²) >= 11 is 0. The van der Waals surface area contributed by atoms with Gasteiger partial charge in [-0.2, -0.15) is 0 Å². The van der Waals surface area contributed by atoms with Crippen molar-refractivity contribution in [2.75, 3.05) is 0 Å². The molecule has 1 amide bonds. The minimum Gasteiger partial charge on any atom is -0.481 e. The van der Waals surface area contributed by atoms with E-state index in [9.17, 15) is 9.59 Å². The van der Waals surface area contributed by atoms with E-state index >= 15 is 0 Å². The van der Waals surface area contributed by atoms with Gasteiger partial charge in [0.25, 0.3) is 0 Å². The average Bonchev–Trinajstić information content (AvgIpc) is 2.86. The van der Waals surface area contributed by atoms with Crippen molar-refractivity contribution in [2.45, 2.75) is 77.0 Å². The molecule has 1 saturated carbocycles. The minimum absolute atomic E-state index is 0.0712. The molecule has 0 aromatic rings. The van der Waals surface area contributed by atoms with E-state index in [0.29, 0.717) is 12.8 Å². The Balaban J connectivity index is 2.33. The van der Waals surface area contributed by atoms with E-state index in [2.05, 4.69) is 5.32 Å². The summed E-state index contributed by atoms with van der Waals surface area (Å²) < 4.78 is 5.82. The molecule has 19 heavy (non-hydrogen) atoms. The second kappa shape index (κ2) is 8.15. The van der Waals surface area contributed by atoms with E-state index in [1.54, 1.807) is 0 Å². The molecule has 0 heterocycles.